The van der Waals surface area contributed by atoms with E-state index in [4.69, 9.17) is 16.3 Å². The Balaban J connectivity index is 1.98. The lowest BCUT2D eigenvalue weighted by Gasteiger charge is -2.18. The predicted octanol–water partition coefficient (Wildman–Crippen LogP) is 2.04. The Morgan fingerprint density at radius 3 is 2.80 bits per heavy atom. The molecule has 0 spiro atoms. The SMILES string of the molecule is COC1CCCC2C(Cl)C12. The number of halogens is 1. The summed E-state index contributed by atoms with van der Waals surface area (Å²) in [7, 11) is 1.80. The van der Waals surface area contributed by atoms with Crippen LogP contribution in [0.1, 0.15) is 19.3 Å². The van der Waals surface area contributed by atoms with E-state index in [0.717, 1.165) is 5.92 Å². The maximum Gasteiger partial charge on any atom is 0.0616 e. The van der Waals surface area contributed by atoms with Crippen molar-refractivity contribution < 1.29 is 4.74 Å². The Morgan fingerprint density at radius 1 is 1.40 bits per heavy atom. The summed E-state index contributed by atoms with van der Waals surface area (Å²) in [6.07, 6.45) is 4.34. The number of fused-ring (bicyclic) bond motifs is 1. The highest BCUT2D eigenvalue weighted by Crippen LogP contribution is 2.54. The van der Waals surface area contributed by atoms with Gasteiger partial charge in [-0.3, -0.25) is 0 Å². The highest BCUT2D eigenvalue weighted by Gasteiger charge is 2.54. The van der Waals surface area contributed by atoms with Gasteiger partial charge in [-0.25, -0.2) is 0 Å². The molecule has 2 aliphatic rings. The van der Waals surface area contributed by atoms with Crippen LogP contribution in [-0.4, -0.2) is 18.6 Å². The first-order valence-electron chi connectivity index (χ1n) is 4.01. The number of alkyl halides is 1. The van der Waals surface area contributed by atoms with E-state index < -0.39 is 0 Å². The second kappa shape index (κ2) is 2.38. The number of hydrogen-bond donors (Lipinski definition) is 0. The minimum absolute atomic E-state index is 0.437. The van der Waals surface area contributed by atoms with Crippen molar-refractivity contribution >= 4 is 11.6 Å². The standard InChI is InChI=1S/C8H13ClO/c1-10-6-4-2-3-5-7(6)8(5)9/h5-8H,2-4H2,1H3. The molecule has 2 rings (SSSR count). The Morgan fingerprint density at radius 2 is 2.20 bits per heavy atom. The van der Waals surface area contributed by atoms with E-state index >= 15 is 0 Å². The lowest BCUT2D eigenvalue weighted by atomic mass is 9.98. The second-order valence-electron chi connectivity index (χ2n) is 3.39. The van der Waals surface area contributed by atoms with Gasteiger partial charge < -0.3 is 4.74 Å². The van der Waals surface area contributed by atoms with E-state index in [9.17, 15) is 0 Å². The van der Waals surface area contributed by atoms with Crippen molar-refractivity contribution in [1.29, 1.82) is 0 Å². The van der Waals surface area contributed by atoms with Gasteiger partial charge in [-0.15, -0.1) is 11.6 Å². The van der Waals surface area contributed by atoms with Crippen molar-refractivity contribution in [2.45, 2.75) is 30.7 Å². The smallest absolute Gasteiger partial charge is 0.0616 e. The van der Waals surface area contributed by atoms with Crippen molar-refractivity contribution in [3.63, 3.8) is 0 Å². The zero-order valence-electron chi connectivity index (χ0n) is 6.22. The molecule has 10 heavy (non-hydrogen) atoms. The molecule has 0 bridgehead atoms. The molecule has 2 heteroatoms. The zero-order valence-corrected chi connectivity index (χ0v) is 6.97. The third-order valence-electron chi connectivity index (χ3n) is 2.89. The molecule has 0 aliphatic heterocycles. The monoisotopic (exact) mass is 160 g/mol. The minimum Gasteiger partial charge on any atom is -0.381 e. The number of methoxy groups -OCH3 is 1. The summed E-state index contributed by atoms with van der Waals surface area (Å²) in [5.74, 6) is 1.49. The third-order valence-corrected chi connectivity index (χ3v) is 3.50. The Kier molecular flexibility index (Phi) is 1.65. The first-order chi connectivity index (χ1) is 4.84. The highest BCUT2D eigenvalue weighted by molar-refractivity contribution is 6.23. The van der Waals surface area contributed by atoms with E-state index in [1.165, 1.54) is 19.3 Å². The van der Waals surface area contributed by atoms with E-state index in [-0.39, 0.29) is 0 Å². The molecule has 1 nitrogen and oxygen atoms in total. The van der Waals surface area contributed by atoms with Gasteiger partial charge in [-0.1, -0.05) is 6.42 Å². The molecule has 0 radical (unpaired) electrons. The Bertz CT molecular complexity index is 137. The summed E-state index contributed by atoms with van der Waals surface area (Å²) in [5, 5.41) is 0.437. The number of rotatable bonds is 1. The lowest BCUT2D eigenvalue weighted by Crippen LogP contribution is -2.18. The molecule has 0 N–H and O–H groups in total. The van der Waals surface area contributed by atoms with Crippen LogP contribution in [0.25, 0.3) is 0 Å². The number of hydrogen-bond acceptors (Lipinski definition) is 1. The minimum atomic E-state index is 0.437. The van der Waals surface area contributed by atoms with Crippen LogP contribution in [-0.2, 0) is 4.74 Å². The first kappa shape index (κ1) is 6.93. The van der Waals surface area contributed by atoms with Gasteiger partial charge >= 0.3 is 0 Å². The quantitative estimate of drug-likeness (QED) is 0.534. The summed E-state index contributed by atoms with van der Waals surface area (Å²) >= 11 is 6.05. The van der Waals surface area contributed by atoms with Gasteiger partial charge in [0.25, 0.3) is 0 Å². The largest absolute Gasteiger partial charge is 0.381 e. The van der Waals surface area contributed by atoms with Gasteiger partial charge in [0.15, 0.2) is 0 Å². The fourth-order valence-electron chi connectivity index (χ4n) is 2.21. The molecular weight excluding hydrogens is 148 g/mol. The molecule has 4 atom stereocenters. The zero-order chi connectivity index (χ0) is 7.14. The van der Waals surface area contributed by atoms with Crippen molar-refractivity contribution in [3.8, 4) is 0 Å². The third kappa shape index (κ3) is 0.876. The van der Waals surface area contributed by atoms with Crippen LogP contribution in [0, 0.1) is 11.8 Å². The molecule has 0 heterocycles. The molecule has 2 saturated carbocycles. The van der Waals surface area contributed by atoms with Gasteiger partial charge in [-0.2, -0.15) is 0 Å². The van der Waals surface area contributed by atoms with Gasteiger partial charge in [0.05, 0.1) is 6.10 Å². The fraction of sp³-hybridized carbons (Fsp3) is 1.00. The van der Waals surface area contributed by atoms with Crippen LogP contribution < -0.4 is 0 Å². The van der Waals surface area contributed by atoms with Crippen LogP contribution in [0.15, 0.2) is 0 Å². The Labute approximate surface area is 66.7 Å². The topological polar surface area (TPSA) is 9.23 Å². The molecule has 58 valence electrons. The second-order valence-corrected chi connectivity index (χ2v) is 3.89. The van der Waals surface area contributed by atoms with Crippen LogP contribution in [0.5, 0.6) is 0 Å². The molecule has 0 aromatic carbocycles. The van der Waals surface area contributed by atoms with Crippen LogP contribution >= 0.6 is 11.6 Å². The average Bonchev–Trinajstić information content (AvgIpc) is 2.63. The summed E-state index contributed by atoms with van der Waals surface area (Å²) in [5.41, 5.74) is 0. The molecule has 4 unspecified atom stereocenters. The summed E-state index contributed by atoms with van der Waals surface area (Å²) < 4.78 is 5.33. The van der Waals surface area contributed by atoms with Gasteiger partial charge in [0, 0.05) is 18.4 Å². The summed E-state index contributed by atoms with van der Waals surface area (Å²) in [4.78, 5) is 0. The van der Waals surface area contributed by atoms with E-state index in [1.807, 2.05) is 0 Å². The van der Waals surface area contributed by atoms with Crippen molar-refractivity contribution in [3.05, 3.63) is 0 Å². The van der Waals surface area contributed by atoms with Crippen LogP contribution in [0.4, 0.5) is 0 Å². The number of ether oxygens (including phenoxy) is 1. The maximum atomic E-state index is 6.05. The Hall–Kier alpha value is 0.250. The normalized spacial score (nSPS) is 52.2. The summed E-state index contributed by atoms with van der Waals surface area (Å²) in [6.45, 7) is 0. The molecule has 0 saturated heterocycles. The van der Waals surface area contributed by atoms with Gasteiger partial charge in [0.2, 0.25) is 0 Å². The van der Waals surface area contributed by atoms with Crippen molar-refractivity contribution in [2.24, 2.45) is 11.8 Å². The predicted molar refractivity (Wildman–Crippen MR) is 41.3 cm³/mol. The fourth-order valence-corrected chi connectivity index (χ4v) is 2.77. The van der Waals surface area contributed by atoms with Crippen LogP contribution in [0.2, 0.25) is 0 Å². The molecular formula is C8H13ClO. The van der Waals surface area contributed by atoms with Crippen molar-refractivity contribution in [2.75, 3.05) is 7.11 Å². The summed E-state index contributed by atoms with van der Waals surface area (Å²) in [6, 6.07) is 0. The average molecular weight is 161 g/mol. The lowest BCUT2D eigenvalue weighted by molar-refractivity contribution is 0.0591. The molecule has 0 aromatic heterocycles. The van der Waals surface area contributed by atoms with Crippen molar-refractivity contribution in [1.82, 2.24) is 0 Å². The molecule has 2 aliphatic carbocycles. The molecule has 2 fully saturated rings. The molecule has 0 aromatic rings. The van der Waals surface area contributed by atoms with Gasteiger partial charge in [0.1, 0.15) is 0 Å². The highest BCUT2D eigenvalue weighted by atomic mass is 35.5. The van der Waals surface area contributed by atoms with Crippen LogP contribution in [0.3, 0.4) is 0 Å². The van der Waals surface area contributed by atoms with E-state index in [1.54, 1.807) is 7.11 Å². The maximum absolute atomic E-state index is 6.05. The molecule has 0 amide bonds. The van der Waals surface area contributed by atoms with Gasteiger partial charge in [-0.05, 0) is 18.8 Å². The van der Waals surface area contributed by atoms with E-state index in [2.05, 4.69) is 0 Å². The van der Waals surface area contributed by atoms with E-state index in [0.29, 0.717) is 17.4 Å². The first-order valence-corrected chi connectivity index (χ1v) is 4.45.